The molecule has 3 rings (SSSR count). The summed E-state index contributed by atoms with van der Waals surface area (Å²) in [6, 6.07) is 4.77. The van der Waals surface area contributed by atoms with Crippen molar-refractivity contribution in [3.63, 3.8) is 0 Å². The molecule has 5 nitrogen and oxygen atoms in total. The van der Waals surface area contributed by atoms with E-state index in [1.807, 2.05) is 9.21 Å². The molecule has 1 aromatic rings. The molecule has 1 N–H and O–H groups in total. The zero-order valence-electron chi connectivity index (χ0n) is 18.2. The van der Waals surface area contributed by atoms with Crippen molar-refractivity contribution in [1.82, 2.24) is 14.5 Å². The maximum absolute atomic E-state index is 13.3. The number of amides is 1. The van der Waals surface area contributed by atoms with Crippen molar-refractivity contribution >= 4 is 16.9 Å². The summed E-state index contributed by atoms with van der Waals surface area (Å²) in [7, 11) is -1.69. The monoisotopic (exact) mass is 459 g/mol. The van der Waals surface area contributed by atoms with Crippen LogP contribution in [0.5, 0.6) is 0 Å². The lowest BCUT2D eigenvalue weighted by Crippen LogP contribution is -2.51. The molecule has 9 heteroatoms. The molecule has 0 aromatic heterocycles. The maximum Gasteiger partial charge on any atom is 0.416 e. The maximum atomic E-state index is 13.3. The standard InChI is InChI=1S/C22H32F3N3O2S/c1-16(2)14-26-11-10-21(29)27-12-4-6-19(15-27)28(18-8-9-18)31(30)20-7-3-5-17(13-20)22(23,24)25/h3,5,7,13,16,18-19,26H,4,6,8-12,14-15H2,1-2H3. The van der Waals surface area contributed by atoms with Gasteiger partial charge in [0.1, 0.15) is 11.0 Å². The molecule has 31 heavy (non-hydrogen) atoms. The molecule has 1 saturated heterocycles. The number of carbonyl (C=O) groups is 1. The Morgan fingerprint density at radius 2 is 2.00 bits per heavy atom. The van der Waals surface area contributed by atoms with E-state index in [4.69, 9.17) is 0 Å². The van der Waals surface area contributed by atoms with Crippen LogP contribution in [0.1, 0.15) is 51.5 Å². The summed E-state index contributed by atoms with van der Waals surface area (Å²) < 4.78 is 54.5. The fourth-order valence-electron chi connectivity index (χ4n) is 3.93. The van der Waals surface area contributed by atoms with Gasteiger partial charge in [0.05, 0.1) is 10.5 Å². The minimum atomic E-state index is -4.47. The minimum absolute atomic E-state index is 0.0709. The third kappa shape index (κ3) is 6.76. The highest BCUT2D eigenvalue weighted by molar-refractivity contribution is 7.82. The first kappa shape index (κ1) is 24.2. The smallest absolute Gasteiger partial charge is 0.341 e. The first-order valence-corrected chi connectivity index (χ1v) is 12.1. The number of piperidine rings is 1. The second-order valence-corrected chi connectivity index (χ2v) is 10.2. The Morgan fingerprint density at radius 1 is 1.26 bits per heavy atom. The molecule has 0 bridgehead atoms. The number of alkyl halides is 3. The van der Waals surface area contributed by atoms with Crippen LogP contribution in [0, 0.1) is 5.92 Å². The molecule has 1 aliphatic heterocycles. The van der Waals surface area contributed by atoms with Gasteiger partial charge in [-0.3, -0.25) is 4.79 Å². The highest BCUT2D eigenvalue weighted by atomic mass is 32.2. The summed E-state index contributed by atoms with van der Waals surface area (Å²) in [6.45, 7) is 6.86. The van der Waals surface area contributed by atoms with Crippen LogP contribution in [-0.4, -0.2) is 57.6 Å². The third-order valence-electron chi connectivity index (χ3n) is 5.64. The van der Waals surface area contributed by atoms with Crippen molar-refractivity contribution in [3.8, 4) is 0 Å². The number of benzene rings is 1. The zero-order chi connectivity index (χ0) is 22.6. The number of halogens is 3. The van der Waals surface area contributed by atoms with Gasteiger partial charge in [0.2, 0.25) is 5.91 Å². The number of rotatable bonds is 9. The summed E-state index contributed by atoms with van der Waals surface area (Å²) in [5, 5.41) is 3.28. The molecule has 1 amide bonds. The lowest BCUT2D eigenvalue weighted by molar-refractivity contribution is -0.137. The molecule has 2 unspecified atom stereocenters. The average Bonchev–Trinajstić information content (AvgIpc) is 3.56. The van der Waals surface area contributed by atoms with Gasteiger partial charge in [-0.05, 0) is 56.3 Å². The van der Waals surface area contributed by atoms with Crippen molar-refractivity contribution < 1.29 is 22.2 Å². The van der Waals surface area contributed by atoms with E-state index in [0.717, 1.165) is 44.4 Å². The Morgan fingerprint density at radius 3 is 2.65 bits per heavy atom. The van der Waals surface area contributed by atoms with Crippen LogP contribution >= 0.6 is 0 Å². The Hall–Kier alpha value is -1.45. The minimum Gasteiger partial charge on any atom is -0.341 e. The van der Waals surface area contributed by atoms with Crippen LogP contribution < -0.4 is 5.32 Å². The molecule has 2 aliphatic rings. The van der Waals surface area contributed by atoms with E-state index in [-0.39, 0.29) is 22.9 Å². The Labute approximate surface area is 184 Å². The van der Waals surface area contributed by atoms with Crippen LogP contribution in [0.15, 0.2) is 29.2 Å². The number of nitrogens with zero attached hydrogens (tertiary/aromatic N) is 2. The molecule has 2 atom stereocenters. The number of nitrogens with one attached hydrogen (secondary N) is 1. The predicted octanol–water partition coefficient (Wildman–Crippen LogP) is 3.82. The van der Waals surface area contributed by atoms with Gasteiger partial charge in [-0.15, -0.1) is 0 Å². The highest BCUT2D eigenvalue weighted by Gasteiger charge is 2.41. The second-order valence-electron chi connectivity index (χ2n) is 8.85. The molecular formula is C22H32F3N3O2S. The van der Waals surface area contributed by atoms with E-state index in [9.17, 15) is 22.2 Å². The SMILES string of the molecule is CC(C)CNCCC(=O)N1CCCC(N(C2CC2)S(=O)c2cccc(C(F)(F)F)c2)C1. The first-order chi connectivity index (χ1) is 14.7. The van der Waals surface area contributed by atoms with E-state index in [1.54, 1.807) is 0 Å². The van der Waals surface area contributed by atoms with E-state index in [1.165, 1.54) is 12.1 Å². The van der Waals surface area contributed by atoms with Gasteiger partial charge in [0.15, 0.2) is 0 Å². The summed E-state index contributed by atoms with van der Waals surface area (Å²) in [5.41, 5.74) is -0.788. The molecule has 1 aromatic carbocycles. The molecule has 2 fully saturated rings. The summed E-state index contributed by atoms with van der Waals surface area (Å²) in [5.74, 6) is 0.592. The van der Waals surface area contributed by atoms with Gasteiger partial charge in [-0.1, -0.05) is 19.9 Å². The van der Waals surface area contributed by atoms with Crippen LogP contribution in [-0.2, 0) is 22.0 Å². The molecule has 0 spiro atoms. The van der Waals surface area contributed by atoms with Crippen molar-refractivity contribution in [2.45, 2.75) is 69.1 Å². The number of hydrogen-bond donors (Lipinski definition) is 1. The van der Waals surface area contributed by atoms with E-state index in [0.29, 0.717) is 32.0 Å². The summed E-state index contributed by atoms with van der Waals surface area (Å²) in [4.78, 5) is 14.7. The highest BCUT2D eigenvalue weighted by Crippen LogP contribution is 2.36. The van der Waals surface area contributed by atoms with E-state index in [2.05, 4.69) is 19.2 Å². The Balaban J connectivity index is 1.66. The molecular weight excluding hydrogens is 427 g/mol. The topological polar surface area (TPSA) is 52.7 Å². The molecule has 0 radical (unpaired) electrons. The van der Waals surface area contributed by atoms with Crippen molar-refractivity contribution in [3.05, 3.63) is 29.8 Å². The molecule has 174 valence electrons. The van der Waals surface area contributed by atoms with Crippen molar-refractivity contribution in [2.75, 3.05) is 26.2 Å². The summed E-state index contributed by atoms with van der Waals surface area (Å²) >= 11 is 0. The van der Waals surface area contributed by atoms with Gasteiger partial charge < -0.3 is 10.2 Å². The van der Waals surface area contributed by atoms with Crippen LogP contribution in [0.25, 0.3) is 0 Å². The summed E-state index contributed by atoms with van der Waals surface area (Å²) in [6.07, 6.45) is -0.695. The van der Waals surface area contributed by atoms with Gasteiger partial charge in [0, 0.05) is 38.1 Å². The second kappa shape index (κ2) is 10.4. The largest absolute Gasteiger partial charge is 0.416 e. The van der Waals surface area contributed by atoms with Gasteiger partial charge >= 0.3 is 6.18 Å². The van der Waals surface area contributed by atoms with Crippen LogP contribution in [0.2, 0.25) is 0 Å². The number of hydrogen-bond acceptors (Lipinski definition) is 3. The molecule has 1 aliphatic carbocycles. The first-order valence-electron chi connectivity index (χ1n) is 11.0. The van der Waals surface area contributed by atoms with Crippen molar-refractivity contribution in [1.29, 1.82) is 0 Å². The fraction of sp³-hybridized carbons (Fsp3) is 0.682. The Kier molecular flexibility index (Phi) is 8.15. The van der Waals surface area contributed by atoms with Gasteiger partial charge in [0.25, 0.3) is 0 Å². The third-order valence-corrected chi connectivity index (χ3v) is 7.28. The molecule has 1 heterocycles. The Bertz CT molecular complexity index is 784. The van der Waals surface area contributed by atoms with Crippen molar-refractivity contribution in [2.24, 2.45) is 5.92 Å². The number of carbonyl (C=O) groups excluding carboxylic acids is 1. The van der Waals surface area contributed by atoms with Crippen LogP contribution in [0.4, 0.5) is 13.2 Å². The quantitative estimate of drug-likeness (QED) is 0.572. The molecule has 1 saturated carbocycles. The lowest BCUT2D eigenvalue weighted by atomic mass is 10.1. The number of likely N-dealkylation sites (tertiary alicyclic amines) is 1. The average molecular weight is 460 g/mol. The normalized spacial score (nSPS) is 21.0. The van der Waals surface area contributed by atoms with Gasteiger partial charge in [-0.2, -0.15) is 13.2 Å². The van der Waals surface area contributed by atoms with E-state index < -0.39 is 22.7 Å². The van der Waals surface area contributed by atoms with E-state index >= 15 is 0 Å². The van der Waals surface area contributed by atoms with Gasteiger partial charge in [-0.25, -0.2) is 8.51 Å². The zero-order valence-corrected chi connectivity index (χ0v) is 19.0. The fourth-order valence-corrected chi connectivity index (χ4v) is 5.52. The lowest BCUT2D eigenvalue weighted by Gasteiger charge is -2.38. The van der Waals surface area contributed by atoms with Crippen LogP contribution in [0.3, 0.4) is 0 Å². The predicted molar refractivity (Wildman–Crippen MR) is 115 cm³/mol.